The van der Waals surface area contributed by atoms with Crippen LogP contribution in [0.3, 0.4) is 0 Å². The molecule has 96 valence electrons. The van der Waals surface area contributed by atoms with Gasteiger partial charge in [-0.3, -0.25) is 9.69 Å². The van der Waals surface area contributed by atoms with Gasteiger partial charge in [0.05, 0.1) is 6.54 Å². The Labute approximate surface area is 92.8 Å². The molecule has 0 aliphatic carbocycles. The van der Waals surface area contributed by atoms with Gasteiger partial charge in [0, 0.05) is 6.54 Å². The molecule has 16 heavy (non-hydrogen) atoms. The second-order valence-corrected chi connectivity index (χ2v) is 4.11. The van der Waals surface area contributed by atoms with Gasteiger partial charge in [0.1, 0.15) is 5.54 Å². The van der Waals surface area contributed by atoms with E-state index in [0.29, 0.717) is 6.42 Å². The van der Waals surface area contributed by atoms with Gasteiger partial charge >= 0.3 is 6.18 Å². The summed E-state index contributed by atoms with van der Waals surface area (Å²) in [6.45, 7) is 2.02. The molecule has 1 atom stereocenters. The smallest absolute Gasteiger partial charge is 0.368 e. The van der Waals surface area contributed by atoms with Crippen LogP contribution in [0, 0.1) is 0 Å². The zero-order chi connectivity index (χ0) is 13.0. The van der Waals surface area contributed by atoms with E-state index in [1.54, 1.807) is 6.92 Å². The minimum atomic E-state index is -4.30. The number of primary amides is 1. The minimum absolute atomic E-state index is 0.199. The maximum absolute atomic E-state index is 12.2. The van der Waals surface area contributed by atoms with E-state index in [2.05, 4.69) is 0 Å². The molecule has 1 unspecified atom stereocenters. The summed E-state index contributed by atoms with van der Waals surface area (Å²) in [5.41, 5.74) is 9.09. The SMILES string of the molecule is CCCN(CC(F)(F)F)CC(C)(N)C(N)=O. The van der Waals surface area contributed by atoms with Crippen molar-refractivity contribution in [2.75, 3.05) is 19.6 Å². The van der Waals surface area contributed by atoms with Crippen LogP contribution in [0.4, 0.5) is 13.2 Å². The molecule has 0 bridgehead atoms. The highest BCUT2D eigenvalue weighted by Crippen LogP contribution is 2.17. The largest absolute Gasteiger partial charge is 0.401 e. The summed E-state index contributed by atoms with van der Waals surface area (Å²) in [6.07, 6.45) is -3.76. The minimum Gasteiger partial charge on any atom is -0.368 e. The molecule has 4 N–H and O–H groups in total. The van der Waals surface area contributed by atoms with Crippen molar-refractivity contribution in [3.63, 3.8) is 0 Å². The van der Waals surface area contributed by atoms with Crippen molar-refractivity contribution in [2.24, 2.45) is 11.5 Å². The zero-order valence-electron chi connectivity index (χ0n) is 9.47. The van der Waals surface area contributed by atoms with Crippen LogP contribution >= 0.6 is 0 Å². The van der Waals surface area contributed by atoms with Crippen LogP contribution in [0.2, 0.25) is 0 Å². The Bertz CT molecular complexity index is 241. The molecule has 4 nitrogen and oxygen atoms in total. The summed E-state index contributed by atoms with van der Waals surface area (Å²) in [4.78, 5) is 12.0. The van der Waals surface area contributed by atoms with Gasteiger partial charge in [-0.2, -0.15) is 13.2 Å². The fourth-order valence-electron chi connectivity index (χ4n) is 1.33. The van der Waals surface area contributed by atoms with Gasteiger partial charge in [-0.15, -0.1) is 0 Å². The topological polar surface area (TPSA) is 72.3 Å². The quantitative estimate of drug-likeness (QED) is 0.709. The number of hydrogen-bond donors (Lipinski definition) is 2. The van der Waals surface area contributed by atoms with Crippen molar-refractivity contribution in [1.82, 2.24) is 4.90 Å². The number of alkyl halides is 3. The van der Waals surface area contributed by atoms with Gasteiger partial charge in [-0.25, -0.2) is 0 Å². The number of nitrogens with zero attached hydrogens (tertiary/aromatic N) is 1. The lowest BCUT2D eigenvalue weighted by atomic mass is 10.0. The Balaban J connectivity index is 4.50. The van der Waals surface area contributed by atoms with Crippen molar-refractivity contribution >= 4 is 5.91 Å². The highest BCUT2D eigenvalue weighted by molar-refractivity contribution is 5.84. The Morgan fingerprint density at radius 3 is 2.12 bits per heavy atom. The monoisotopic (exact) mass is 241 g/mol. The molecule has 0 rings (SSSR count). The molecule has 0 aromatic rings. The molecule has 0 saturated carbocycles. The third-order valence-corrected chi connectivity index (χ3v) is 2.06. The number of carbonyl (C=O) groups excluding carboxylic acids is 1. The molecule has 0 spiro atoms. The molecule has 0 radical (unpaired) electrons. The number of amides is 1. The number of hydrogen-bond acceptors (Lipinski definition) is 3. The first kappa shape index (κ1) is 15.2. The van der Waals surface area contributed by atoms with Crippen molar-refractivity contribution in [1.29, 1.82) is 0 Å². The first-order valence-corrected chi connectivity index (χ1v) is 4.96. The molecule has 0 fully saturated rings. The molecule has 0 aliphatic rings. The summed E-state index contributed by atoms with van der Waals surface area (Å²) in [5, 5.41) is 0. The molecule has 1 amide bonds. The Morgan fingerprint density at radius 1 is 1.31 bits per heavy atom. The molecule has 7 heteroatoms. The molecule has 0 heterocycles. The first-order valence-electron chi connectivity index (χ1n) is 4.96. The van der Waals surface area contributed by atoms with Gasteiger partial charge in [-0.05, 0) is 19.9 Å². The van der Waals surface area contributed by atoms with Crippen LogP contribution in [0.15, 0.2) is 0 Å². The summed E-state index contributed by atoms with van der Waals surface area (Å²) >= 11 is 0. The highest BCUT2D eigenvalue weighted by Gasteiger charge is 2.35. The maximum Gasteiger partial charge on any atom is 0.401 e. The number of halogens is 3. The summed E-state index contributed by atoms with van der Waals surface area (Å²) < 4.78 is 36.6. The van der Waals surface area contributed by atoms with Crippen LogP contribution in [0.1, 0.15) is 20.3 Å². The average molecular weight is 241 g/mol. The summed E-state index contributed by atoms with van der Waals surface area (Å²) in [7, 11) is 0. The third-order valence-electron chi connectivity index (χ3n) is 2.06. The van der Waals surface area contributed by atoms with Crippen LogP contribution < -0.4 is 11.5 Å². The van der Waals surface area contributed by atoms with Crippen molar-refractivity contribution in [3.8, 4) is 0 Å². The maximum atomic E-state index is 12.2. The van der Waals surface area contributed by atoms with E-state index in [4.69, 9.17) is 11.5 Å². The molecule has 0 aromatic heterocycles. The summed E-state index contributed by atoms with van der Waals surface area (Å²) in [6, 6.07) is 0. The second-order valence-electron chi connectivity index (χ2n) is 4.11. The lowest BCUT2D eigenvalue weighted by Gasteiger charge is -2.30. The van der Waals surface area contributed by atoms with Crippen molar-refractivity contribution < 1.29 is 18.0 Å². The standard InChI is InChI=1S/C9H18F3N3O/c1-3-4-15(6-9(10,11)12)5-8(2,14)7(13)16/h3-6,14H2,1-2H3,(H2,13,16). The van der Waals surface area contributed by atoms with E-state index in [-0.39, 0.29) is 13.1 Å². The highest BCUT2D eigenvalue weighted by atomic mass is 19.4. The fraction of sp³-hybridized carbons (Fsp3) is 0.889. The van der Waals surface area contributed by atoms with Crippen LogP contribution in [0.25, 0.3) is 0 Å². The Morgan fingerprint density at radius 2 is 1.81 bits per heavy atom. The Hall–Kier alpha value is -0.820. The number of rotatable bonds is 6. The second kappa shape index (κ2) is 5.49. The third kappa shape index (κ3) is 5.92. The van der Waals surface area contributed by atoms with Crippen molar-refractivity contribution in [2.45, 2.75) is 32.0 Å². The lowest BCUT2D eigenvalue weighted by Crippen LogP contribution is -2.57. The van der Waals surface area contributed by atoms with Crippen molar-refractivity contribution in [3.05, 3.63) is 0 Å². The fourth-order valence-corrected chi connectivity index (χ4v) is 1.33. The summed E-state index contributed by atoms with van der Waals surface area (Å²) in [5.74, 6) is -0.809. The molecular weight excluding hydrogens is 223 g/mol. The van der Waals surface area contributed by atoms with Crippen LogP contribution in [-0.4, -0.2) is 42.2 Å². The van der Waals surface area contributed by atoms with E-state index < -0.39 is 24.2 Å². The first-order chi connectivity index (χ1) is 7.08. The van der Waals surface area contributed by atoms with Gasteiger partial charge in [0.2, 0.25) is 5.91 Å². The number of nitrogens with two attached hydrogens (primary N) is 2. The normalized spacial score (nSPS) is 16.2. The predicted molar refractivity (Wildman–Crippen MR) is 54.6 cm³/mol. The van der Waals surface area contributed by atoms with E-state index in [0.717, 1.165) is 4.90 Å². The molecular formula is C9H18F3N3O. The van der Waals surface area contributed by atoms with E-state index in [1.165, 1.54) is 6.92 Å². The van der Waals surface area contributed by atoms with Crippen LogP contribution in [-0.2, 0) is 4.79 Å². The van der Waals surface area contributed by atoms with E-state index >= 15 is 0 Å². The zero-order valence-corrected chi connectivity index (χ0v) is 9.47. The van der Waals surface area contributed by atoms with Gasteiger partial charge in [0.15, 0.2) is 0 Å². The van der Waals surface area contributed by atoms with Gasteiger partial charge < -0.3 is 11.5 Å². The number of carbonyl (C=O) groups is 1. The molecule has 0 aliphatic heterocycles. The van der Waals surface area contributed by atoms with E-state index in [9.17, 15) is 18.0 Å². The predicted octanol–water partition coefficient (Wildman–Crippen LogP) is 0.463. The van der Waals surface area contributed by atoms with E-state index in [1.807, 2.05) is 0 Å². The Kier molecular flexibility index (Phi) is 5.21. The van der Waals surface area contributed by atoms with Crippen LogP contribution in [0.5, 0.6) is 0 Å². The average Bonchev–Trinajstić information content (AvgIpc) is 1.99. The van der Waals surface area contributed by atoms with Gasteiger partial charge in [-0.1, -0.05) is 6.92 Å². The molecule has 0 aromatic carbocycles. The van der Waals surface area contributed by atoms with Gasteiger partial charge in [0.25, 0.3) is 0 Å². The molecule has 0 saturated heterocycles. The lowest BCUT2D eigenvalue weighted by molar-refractivity contribution is -0.149.